The van der Waals surface area contributed by atoms with E-state index in [0.717, 1.165) is 12.3 Å². The van der Waals surface area contributed by atoms with Gasteiger partial charge in [-0.1, -0.05) is 19.1 Å². The minimum absolute atomic E-state index is 0.362. The Kier molecular flexibility index (Phi) is 5.06. The lowest BCUT2D eigenvalue weighted by Gasteiger charge is -2.30. The quantitative estimate of drug-likeness (QED) is 0.806. The highest BCUT2D eigenvalue weighted by Gasteiger charge is 2.15. The smallest absolute Gasteiger partial charge is 0.115 e. The fourth-order valence-electron chi connectivity index (χ4n) is 2.82. The zero-order valence-corrected chi connectivity index (χ0v) is 11.4. The minimum Gasteiger partial charge on any atom is -0.508 e. The first-order chi connectivity index (χ1) is 8.74. The normalized spacial score (nSPS) is 21.1. The zero-order valence-electron chi connectivity index (χ0n) is 11.4. The Morgan fingerprint density at radius 1 is 1.22 bits per heavy atom. The van der Waals surface area contributed by atoms with Crippen LogP contribution in [0.5, 0.6) is 5.75 Å². The molecule has 1 N–H and O–H groups in total. The number of unbranched alkanes of at least 4 members (excludes halogenated alkanes) is 1. The number of piperidine rings is 1. The third-order valence-electron chi connectivity index (χ3n) is 3.87. The summed E-state index contributed by atoms with van der Waals surface area (Å²) < 4.78 is 0. The van der Waals surface area contributed by atoms with E-state index in [0.29, 0.717) is 5.75 Å². The molecule has 1 fully saturated rings. The molecule has 0 spiro atoms. The van der Waals surface area contributed by atoms with Crippen LogP contribution in [0.15, 0.2) is 24.3 Å². The monoisotopic (exact) mass is 247 g/mol. The van der Waals surface area contributed by atoms with Gasteiger partial charge in [-0.05, 0) is 68.8 Å². The SMILES string of the molecule is CC1CCCN(CCCCc2ccc(O)cc2)C1. The van der Waals surface area contributed by atoms with Crippen LogP contribution in [0.1, 0.15) is 38.2 Å². The number of aromatic hydroxyl groups is 1. The predicted molar refractivity (Wildman–Crippen MR) is 75.9 cm³/mol. The molecule has 2 heteroatoms. The lowest BCUT2D eigenvalue weighted by atomic mass is 10.00. The molecular weight excluding hydrogens is 222 g/mol. The van der Waals surface area contributed by atoms with E-state index >= 15 is 0 Å². The van der Waals surface area contributed by atoms with E-state index in [1.54, 1.807) is 12.1 Å². The maximum atomic E-state index is 9.22. The molecule has 1 heterocycles. The summed E-state index contributed by atoms with van der Waals surface area (Å²) in [6.45, 7) is 6.20. The van der Waals surface area contributed by atoms with E-state index in [-0.39, 0.29) is 0 Å². The topological polar surface area (TPSA) is 23.5 Å². The van der Waals surface area contributed by atoms with E-state index in [1.807, 2.05) is 12.1 Å². The second-order valence-electron chi connectivity index (χ2n) is 5.67. The van der Waals surface area contributed by atoms with Crippen molar-refractivity contribution in [2.24, 2.45) is 5.92 Å². The van der Waals surface area contributed by atoms with Crippen LogP contribution >= 0.6 is 0 Å². The largest absolute Gasteiger partial charge is 0.508 e. The van der Waals surface area contributed by atoms with Crippen LogP contribution in [-0.4, -0.2) is 29.6 Å². The van der Waals surface area contributed by atoms with Gasteiger partial charge in [0, 0.05) is 6.54 Å². The van der Waals surface area contributed by atoms with E-state index in [4.69, 9.17) is 0 Å². The van der Waals surface area contributed by atoms with Gasteiger partial charge >= 0.3 is 0 Å². The van der Waals surface area contributed by atoms with Gasteiger partial charge in [0.1, 0.15) is 5.75 Å². The molecule has 1 aliphatic rings. The van der Waals surface area contributed by atoms with Crippen molar-refractivity contribution in [1.82, 2.24) is 4.90 Å². The molecule has 0 amide bonds. The molecule has 0 radical (unpaired) electrons. The van der Waals surface area contributed by atoms with Crippen molar-refractivity contribution in [3.05, 3.63) is 29.8 Å². The van der Waals surface area contributed by atoms with Gasteiger partial charge in [-0.25, -0.2) is 0 Å². The van der Waals surface area contributed by atoms with Crippen molar-refractivity contribution in [2.45, 2.75) is 39.0 Å². The number of rotatable bonds is 5. The van der Waals surface area contributed by atoms with E-state index in [9.17, 15) is 5.11 Å². The van der Waals surface area contributed by atoms with Gasteiger partial charge in [-0.2, -0.15) is 0 Å². The Hall–Kier alpha value is -1.02. The average Bonchev–Trinajstić information content (AvgIpc) is 2.37. The highest BCUT2D eigenvalue weighted by Crippen LogP contribution is 2.16. The summed E-state index contributed by atoms with van der Waals surface area (Å²) in [5.41, 5.74) is 1.33. The third-order valence-corrected chi connectivity index (χ3v) is 3.87. The second-order valence-corrected chi connectivity index (χ2v) is 5.67. The molecule has 0 aromatic heterocycles. The number of hydrogen-bond acceptors (Lipinski definition) is 2. The second kappa shape index (κ2) is 6.79. The van der Waals surface area contributed by atoms with Gasteiger partial charge in [0.05, 0.1) is 0 Å². The number of benzene rings is 1. The predicted octanol–water partition coefficient (Wildman–Crippen LogP) is 3.45. The molecule has 18 heavy (non-hydrogen) atoms. The van der Waals surface area contributed by atoms with Crippen molar-refractivity contribution in [1.29, 1.82) is 0 Å². The van der Waals surface area contributed by atoms with Crippen LogP contribution in [0.4, 0.5) is 0 Å². The summed E-state index contributed by atoms with van der Waals surface area (Å²) in [6.07, 6.45) is 6.44. The molecule has 0 bridgehead atoms. The summed E-state index contributed by atoms with van der Waals surface area (Å²) in [5.74, 6) is 1.25. The molecule has 1 aromatic carbocycles. The average molecular weight is 247 g/mol. The summed E-state index contributed by atoms with van der Waals surface area (Å²) >= 11 is 0. The summed E-state index contributed by atoms with van der Waals surface area (Å²) in [4.78, 5) is 2.62. The molecule has 2 rings (SSSR count). The van der Waals surface area contributed by atoms with Crippen molar-refractivity contribution in [2.75, 3.05) is 19.6 Å². The maximum absolute atomic E-state index is 9.22. The number of phenols is 1. The Labute approximate surface area is 111 Å². The first kappa shape index (κ1) is 13.4. The molecular formula is C16H25NO. The first-order valence-corrected chi connectivity index (χ1v) is 7.24. The van der Waals surface area contributed by atoms with Crippen molar-refractivity contribution in [3.63, 3.8) is 0 Å². The molecule has 1 aromatic rings. The molecule has 2 nitrogen and oxygen atoms in total. The van der Waals surface area contributed by atoms with Crippen LogP contribution in [0.25, 0.3) is 0 Å². The van der Waals surface area contributed by atoms with Gasteiger partial charge in [0.25, 0.3) is 0 Å². The van der Waals surface area contributed by atoms with E-state index in [2.05, 4.69) is 11.8 Å². The van der Waals surface area contributed by atoms with Crippen molar-refractivity contribution in [3.8, 4) is 5.75 Å². The molecule has 1 aliphatic heterocycles. The lowest BCUT2D eigenvalue weighted by molar-refractivity contribution is 0.181. The Bertz CT molecular complexity index is 347. The van der Waals surface area contributed by atoms with E-state index < -0.39 is 0 Å². The summed E-state index contributed by atoms with van der Waals surface area (Å²) in [7, 11) is 0. The number of nitrogens with zero attached hydrogens (tertiary/aromatic N) is 1. The summed E-state index contributed by atoms with van der Waals surface area (Å²) in [6, 6.07) is 7.61. The Balaban J connectivity index is 1.62. The zero-order chi connectivity index (χ0) is 12.8. The van der Waals surface area contributed by atoms with Gasteiger partial charge in [-0.15, -0.1) is 0 Å². The minimum atomic E-state index is 0.362. The fourth-order valence-corrected chi connectivity index (χ4v) is 2.82. The van der Waals surface area contributed by atoms with Gasteiger partial charge < -0.3 is 10.0 Å². The van der Waals surface area contributed by atoms with Crippen molar-refractivity contribution >= 4 is 0 Å². The maximum Gasteiger partial charge on any atom is 0.115 e. The third kappa shape index (κ3) is 4.34. The highest BCUT2D eigenvalue weighted by molar-refractivity contribution is 5.25. The molecule has 0 saturated carbocycles. The number of phenolic OH excluding ortho intramolecular Hbond substituents is 1. The molecule has 1 atom stereocenters. The van der Waals surface area contributed by atoms with Crippen LogP contribution in [0, 0.1) is 5.92 Å². The fraction of sp³-hybridized carbons (Fsp3) is 0.625. The van der Waals surface area contributed by atoms with Crippen molar-refractivity contribution < 1.29 is 5.11 Å². The standard InChI is InChI=1S/C16H25NO/c1-14-5-4-12-17(13-14)11-3-2-6-15-7-9-16(18)10-8-15/h7-10,14,18H,2-6,11-13H2,1H3. The van der Waals surface area contributed by atoms with E-state index in [1.165, 1.54) is 50.9 Å². The highest BCUT2D eigenvalue weighted by atomic mass is 16.3. The summed E-state index contributed by atoms with van der Waals surface area (Å²) in [5, 5.41) is 9.22. The number of likely N-dealkylation sites (tertiary alicyclic amines) is 1. The Morgan fingerprint density at radius 3 is 2.72 bits per heavy atom. The molecule has 1 saturated heterocycles. The molecule has 0 aliphatic carbocycles. The van der Waals surface area contributed by atoms with Gasteiger partial charge in [-0.3, -0.25) is 0 Å². The Morgan fingerprint density at radius 2 is 2.00 bits per heavy atom. The molecule has 100 valence electrons. The van der Waals surface area contributed by atoms with Gasteiger partial charge in [0.2, 0.25) is 0 Å². The van der Waals surface area contributed by atoms with Crippen LogP contribution in [-0.2, 0) is 6.42 Å². The van der Waals surface area contributed by atoms with Crippen LogP contribution < -0.4 is 0 Å². The van der Waals surface area contributed by atoms with Crippen LogP contribution in [0.2, 0.25) is 0 Å². The molecule has 1 unspecified atom stereocenters. The number of aryl methyl sites for hydroxylation is 1. The number of hydrogen-bond donors (Lipinski definition) is 1. The lowest BCUT2D eigenvalue weighted by Crippen LogP contribution is -2.34. The van der Waals surface area contributed by atoms with Gasteiger partial charge in [0.15, 0.2) is 0 Å². The van der Waals surface area contributed by atoms with Crippen LogP contribution in [0.3, 0.4) is 0 Å². The first-order valence-electron chi connectivity index (χ1n) is 7.24.